The molecule has 0 bridgehead atoms. The highest BCUT2D eigenvalue weighted by Gasteiger charge is 2.46. The standard InChI is InChI=1S/C26H32N4O9.C20H21N9.2C2H6/c31-20-8-7-18(24(34)28-20)30-25(35)17-5-4-6-19(23(17)26(30)36)39-15-21(32)27-9-12-37-13-14-38-16-22(33)29-10-2-1-3-11-29;21-18-12-23-11-16(26-18)17-13-29-10-7-24-20(29)19(27-17)25-14-1-3-15(4-2-14)28-8-5-22-6-9-28;2*1-2/h4-6,18H,1-3,7-16H2,(H,27,32)(H,28,31,34);1-4,7,10-13,22H,5-6,8-9H2,(H2,21,26)(H,25,27);2*1-2H3. The van der Waals surface area contributed by atoms with Crippen molar-refractivity contribution in [3.05, 3.63) is 84.6 Å². The third kappa shape index (κ3) is 14.1. The van der Waals surface area contributed by atoms with E-state index < -0.39 is 42.2 Å². The third-order valence-corrected chi connectivity index (χ3v) is 11.6. The van der Waals surface area contributed by atoms with Crippen LogP contribution in [0.15, 0.2) is 73.4 Å². The first-order valence-electron chi connectivity index (χ1n) is 24.5. The molecule has 3 aromatic heterocycles. The van der Waals surface area contributed by atoms with Gasteiger partial charge in [-0.25, -0.2) is 15.0 Å². The number of amides is 6. The van der Waals surface area contributed by atoms with E-state index in [0.29, 0.717) is 23.0 Å². The molecule has 4 aliphatic rings. The zero-order chi connectivity index (χ0) is 51.4. The number of nitrogens with zero attached hydrogens (tertiary/aromatic N) is 8. The molecule has 6 N–H and O–H groups in total. The molecule has 9 rings (SSSR count). The number of carbonyl (C=O) groups is 6. The van der Waals surface area contributed by atoms with Crippen LogP contribution < -0.4 is 36.6 Å². The van der Waals surface area contributed by atoms with Gasteiger partial charge in [-0.2, -0.15) is 0 Å². The Morgan fingerprint density at radius 1 is 0.833 bits per heavy atom. The number of nitrogens with two attached hydrogens (primary N) is 1. The summed E-state index contributed by atoms with van der Waals surface area (Å²) in [7, 11) is 0. The van der Waals surface area contributed by atoms with Gasteiger partial charge in [-0.15, -0.1) is 0 Å². The van der Waals surface area contributed by atoms with Crippen LogP contribution in [0.3, 0.4) is 0 Å². The minimum atomic E-state index is -1.09. The van der Waals surface area contributed by atoms with Crippen LogP contribution in [0.5, 0.6) is 5.75 Å². The number of likely N-dealkylation sites (tertiary alicyclic amines) is 1. The Bertz CT molecular complexity index is 2630. The Morgan fingerprint density at radius 3 is 2.32 bits per heavy atom. The molecule has 0 saturated carbocycles. The monoisotopic (exact) mass is 992 g/mol. The molecule has 3 fully saturated rings. The molecule has 22 nitrogen and oxygen atoms in total. The second kappa shape index (κ2) is 27.2. The lowest BCUT2D eigenvalue weighted by atomic mass is 10.0. The Hall–Kier alpha value is -7.56. The predicted octanol–water partition coefficient (Wildman–Crippen LogP) is 3.60. The fourth-order valence-corrected chi connectivity index (χ4v) is 8.13. The highest BCUT2D eigenvalue weighted by molar-refractivity contribution is 6.24. The zero-order valence-corrected chi connectivity index (χ0v) is 41.4. The van der Waals surface area contributed by atoms with E-state index in [-0.39, 0.29) is 68.6 Å². The normalized spacial score (nSPS) is 16.3. The summed E-state index contributed by atoms with van der Waals surface area (Å²) in [6, 6.07) is 11.7. The van der Waals surface area contributed by atoms with Gasteiger partial charge in [0.25, 0.3) is 17.7 Å². The molecule has 22 heteroatoms. The van der Waals surface area contributed by atoms with Gasteiger partial charge in [0, 0.05) is 82.2 Å². The highest BCUT2D eigenvalue weighted by Crippen LogP contribution is 2.34. The molecule has 6 amide bonds. The van der Waals surface area contributed by atoms with E-state index in [4.69, 9.17) is 24.9 Å². The van der Waals surface area contributed by atoms with Crippen molar-refractivity contribution >= 4 is 64.1 Å². The van der Waals surface area contributed by atoms with E-state index in [9.17, 15) is 28.8 Å². The van der Waals surface area contributed by atoms with Gasteiger partial charge in [0.2, 0.25) is 17.7 Å². The predicted molar refractivity (Wildman–Crippen MR) is 270 cm³/mol. The number of imide groups is 2. The van der Waals surface area contributed by atoms with E-state index in [1.807, 2.05) is 49.4 Å². The van der Waals surface area contributed by atoms with E-state index in [1.165, 1.54) is 30.1 Å². The van der Waals surface area contributed by atoms with Gasteiger partial charge in [-0.3, -0.25) is 44.0 Å². The summed E-state index contributed by atoms with van der Waals surface area (Å²) >= 11 is 0. The van der Waals surface area contributed by atoms with Crippen molar-refractivity contribution in [2.24, 2.45) is 0 Å². The van der Waals surface area contributed by atoms with Crippen molar-refractivity contribution in [1.29, 1.82) is 0 Å². The Balaban J connectivity index is 0.000000228. The molecular weight excluding hydrogens is 927 g/mol. The topological polar surface area (TPSA) is 270 Å². The first-order valence-corrected chi connectivity index (χ1v) is 24.5. The van der Waals surface area contributed by atoms with Gasteiger partial charge in [0.05, 0.1) is 43.3 Å². The fourth-order valence-electron chi connectivity index (χ4n) is 8.13. The molecule has 1 atom stereocenters. The van der Waals surface area contributed by atoms with Crippen molar-refractivity contribution in [2.75, 3.05) is 94.8 Å². The fraction of sp³-hybridized carbons (Fsp3) is 0.440. The maximum absolute atomic E-state index is 13.0. The maximum Gasteiger partial charge on any atom is 0.266 e. The van der Waals surface area contributed by atoms with Crippen molar-refractivity contribution in [3.63, 3.8) is 0 Å². The number of aromatic nitrogens is 5. The van der Waals surface area contributed by atoms with Crippen LogP contribution in [-0.2, 0) is 28.7 Å². The summed E-state index contributed by atoms with van der Waals surface area (Å²) in [5.74, 6) is -1.96. The SMILES string of the molecule is CC.CC.Nc1cncc(-c2cn3ccnc3c(Nc3ccc(N4CCNCC4)cc3)n2)n1.O=C(COc1cccc2c1C(=O)N(C1CCC(=O)NC1=O)C2=O)NCCOCCOCC(=O)N1CCCCC1. The summed E-state index contributed by atoms with van der Waals surface area (Å²) in [6.45, 7) is 14.2. The van der Waals surface area contributed by atoms with Crippen LogP contribution in [0.4, 0.5) is 23.0 Å². The van der Waals surface area contributed by atoms with E-state index in [2.05, 4.69) is 65.4 Å². The van der Waals surface area contributed by atoms with Gasteiger partial charge in [0.1, 0.15) is 35.6 Å². The first kappa shape index (κ1) is 53.8. The molecule has 72 heavy (non-hydrogen) atoms. The van der Waals surface area contributed by atoms with Crippen LogP contribution in [0.25, 0.3) is 17.0 Å². The molecular formula is C50H65N13O9. The number of benzene rings is 2. The lowest BCUT2D eigenvalue weighted by molar-refractivity contribution is -0.138. The molecule has 5 aromatic rings. The summed E-state index contributed by atoms with van der Waals surface area (Å²) in [5.41, 5.74) is 9.99. The van der Waals surface area contributed by atoms with Gasteiger partial charge in [-0.1, -0.05) is 33.8 Å². The summed E-state index contributed by atoms with van der Waals surface area (Å²) < 4.78 is 18.2. The number of nitrogen functional groups attached to an aromatic ring is 1. The van der Waals surface area contributed by atoms with Gasteiger partial charge in [-0.05, 0) is 62.1 Å². The van der Waals surface area contributed by atoms with E-state index >= 15 is 0 Å². The minimum absolute atomic E-state index is 0.0132. The first-order chi connectivity index (χ1) is 35.1. The molecule has 0 radical (unpaired) electrons. The number of hydrogen-bond acceptors (Lipinski definition) is 17. The molecule has 3 saturated heterocycles. The summed E-state index contributed by atoms with van der Waals surface area (Å²) in [6.07, 6.45) is 11.9. The smallest absolute Gasteiger partial charge is 0.266 e. The highest BCUT2D eigenvalue weighted by atomic mass is 16.5. The van der Waals surface area contributed by atoms with E-state index in [0.717, 1.165) is 74.8 Å². The van der Waals surface area contributed by atoms with Crippen molar-refractivity contribution in [1.82, 2.24) is 50.1 Å². The van der Waals surface area contributed by atoms with E-state index in [1.54, 1.807) is 12.4 Å². The summed E-state index contributed by atoms with van der Waals surface area (Å²) in [5, 5.41) is 11.5. The number of anilines is 4. The Labute approximate surface area is 418 Å². The van der Waals surface area contributed by atoms with Crippen LogP contribution in [0, 0.1) is 0 Å². The second-order valence-electron chi connectivity index (χ2n) is 16.2. The molecule has 2 aromatic carbocycles. The minimum Gasteiger partial charge on any atom is -0.483 e. The Kier molecular flexibility index (Phi) is 20.3. The van der Waals surface area contributed by atoms with Crippen molar-refractivity contribution in [2.45, 2.75) is 65.8 Å². The largest absolute Gasteiger partial charge is 0.483 e. The molecule has 1 unspecified atom stereocenters. The lowest BCUT2D eigenvalue weighted by Crippen LogP contribution is -2.54. The molecule has 4 aliphatic heterocycles. The average Bonchev–Trinajstić information content (AvgIpc) is 4.00. The maximum atomic E-state index is 13.0. The number of ether oxygens (including phenoxy) is 3. The number of piperidine rings is 2. The number of rotatable bonds is 16. The molecule has 0 spiro atoms. The van der Waals surface area contributed by atoms with Crippen LogP contribution in [0.2, 0.25) is 0 Å². The number of carbonyl (C=O) groups excluding carboxylic acids is 6. The van der Waals surface area contributed by atoms with Crippen LogP contribution >= 0.6 is 0 Å². The lowest BCUT2D eigenvalue weighted by Gasteiger charge is -2.29. The number of nitrogens with one attached hydrogen (secondary N) is 4. The van der Waals surface area contributed by atoms with Gasteiger partial charge >= 0.3 is 0 Å². The molecule has 0 aliphatic carbocycles. The van der Waals surface area contributed by atoms with Crippen LogP contribution in [-0.4, -0.2) is 154 Å². The number of hydrogen-bond donors (Lipinski definition) is 5. The second-order valence-corrected chi connectivity index (χ2v) is 16.2. The molecule has 384 valence electrons. The summed E-state index contributed by atoms with van der Waals surface area (Å²) in [4.78, 5) is 96.4. The quantitative estimate of drug-likeness (QED) is 0.0698. The number of piperazine rings is 1. The average molecular weight is 992 g/mol. The van der Waals surface area contributed by atoms with Crippen molar-refractivity contribution in [3.8, 4) is 17.1 Å². The third-order valence-electron chi connectivity index (χ3n) is 11.6. The van der Waals surface area contributed by atoms with Crippen molar-refractivity contribution < 1.29 is 43.0 Å². The Morgan fingerprint density at radius 2 is 1.58 bits per heavy atom. The number of imidazole rings is 1. The van der Waals surface area contributed by atoms with Gasteiger partial charge < -0.3 is 50.1 Å². The van der Waals surface area contributed by atoms with Crippen LogP contribution in [0.1, 0.15) is 80.5 Å². The van der Waals surface area contributed by atoms with Gasteiger partial charge in [0.15, 0.2) is 18.1 Å². The zero-order valence-electron chi connectivity index (χ0n) is 41.4. The number of fused-ring (bicyclic) bond motifs is 2. The molecule has 7 heterocycles.